The normalized spacial score (nSPS) is 11.5. The minimum absolute atomic E-state index is 0.108. The molecule has 2 aromatic rings. The highest BCUT2D eigenvalue weighted by molar-refractivity contribution is 5.92. The Hall–Kier alpha value is -2.67. The molecule has 21 heavy (non-hydrogen) atoms. The second kappa shape index (κ2) is 6.19. The van der Waals surface area contributed by atoms with Crippen LogP contribution in [0.3, 0.4) is 0 Å². The Morgan fingerprint density at radius 2 is 2.05 bits per heavy atom. The number of hydrogen-bond acceptors (Lipinski definition) is 2. The molecule has 4 nitrogen and oxygen atoms in total. The summed E-state index contributed by atoms with van der Waals surface area (Å²) in [5.41, 5.74) is 3.37. The van der Waals surface area contributed by atoms with E-state index in [1.54, 1.807) is 24.3 Å². The molecule has 1 N–H and O–H groups in total. The maximum Gasteiger partial charge on any atom is 0.293 e. The molecule has 1 aromatic carbocycles. The van der Waals surface area contributed by atoms with Crippen LogP contribution in [0.4, 0.5) is 5.69 Å². The standard InChI is InChI=1S/C17H17N3O/c1-12-6-5-9-20(13(12)2)14(3)17(21)19-16-8-4-7-15(10-16)11-18/h4-10,14H,1-3H3/p+1/t14-/m1/s1. The average Bonchev–Trinajstić information content (AvgIpc) is 2.49. The number of aromatic nitrogens is 1. The smallest absolute Gasteiger partial charge is 0.293 e. The van der Waals surface area contributed by atoms with Gasteiger partial charge in [0, 0.05) is 31.2 Å². The summed E-state index contributed by atoms with van der Waals surface area (Å²) < 4.78 is 1.94. The van der Waals surface area contributed by atoms with Gasteiger partial charge in [0.2, 0.25) is 6.04 Å². The first-order chi connectivity index (χ1) is 10.0. The van der Waals surface area contributed by atoms with Crippen molar-refractivity contribution in [2.45, 2.75) is 26.8 Å². The molecule has 1 atom stereocenters. The van der Waals surface area contributed by atoms with Gasteiger partial charge in [0.05, 0.1) is 11.6 Å². The van der Waals surface area contributed by atoms with Crippen molar-refractivity contribution < 1.29 is 9.36 Å². The van der Waals surface area contributed by atoms with Gasteiger partial charge in [-0.1, -0.05) is 6.07 Å². The average molecular weight is 280 g/mol. The van der Waals surface area contributed by atoms with E-state index in [9.17, 15) is 4.79 Å². The van der Waals surface area contributed by atoms with Crippen molar-refractivity contribution in [1.29, 1.82) is 5.26 Å². The molecule has 106 valence electrons. The van der Waals surface area contributed by atoms with E-state index in [-0.39, 0.29) is 11.9 Å². The van der Waals surface area contributed by atoms with Gasteiger partial charge in [0.1, 0.15) is 0 Å². The SMILES string of the molecule is Cc1ccc[n+]([C@H](C)C(=O)Nc2cccc(C#N)c2)c1C. The van der Waals surface area contributed by atoms with Gasteiger partial charge in [0.15, 0.2) is 11.9 Å². The molecule has 1 amide bonds. The molecule has 1 aromatic heterocycles. The number of benzene rings is 1. The molecule has 4 heteroatoms. The second-order valence-corrected chi connectivity index (χ2v) is 5.04. The zero-order chi connectivity index (χ0) is 15.4. The van der Waals surface area contributed by atoms with Crippen molar-refractivity contribution >= 4 is 11.6 Å². The van der Waals surface area contributed by atoms with Gasteiger partial charge >= 0.3 is 0 Å². The Morgan fingerprint density at radius 3 is 2.76 bits per heavy atom. The number of nitrogens with zero attached hydrogens (tertiary/aromatic N) is 2. The number of carbonyl (C=O) groups excluding carboxylic acids is 1. The third-order valence-electron chi connectivity index (χ3n) is 3.61. The van der Waals surface area contributed by atoms with Crippen LogP contribution in [0.5, 0.6) is 0 Å². The number of pyridine rings is 1. The van der Waals surface area contributed by atoms with Gasteiger partial charge in [-0.05, 0) is 31.2 Å². The first kappa shape index (κ1) is 14.7. The summed E-state index contributed by atoms with van der Waals surface area (Å²) >= 11 is 0. The molecule has 0 aliphatic rings. The number of aryl methyl sites for hydroxylation is 1. The molecule has 0 saturated heterocycles. The maximum absolute atomic E-state index is 12.4. The third kappa shape index (κ3) is 3.26. The monoisotopic (exact) mass is 280 g/mol. The number of hydrogen-bond donors (Lipinski definition) is 1. The summed E-state index contributed by atoms with van der Waals surface area (Å²) in [5.74, 6) is -0.108. The highest BCUT2D eigenvalue weighted by Gasteiger charge is 2.24. The Morgan fingerprint density at radius 1 is 1.29 bits per heavy atom. The summed E-state index contributed by atoms with van der Waals surface area (Å²) in [7, 11) is 0. The Labute approximate surface area is 124 Å². The van der Waals surface area contributed by atoms with E-state index in [0.717, 1.165) is 11.3 Å². The molecule has 0 spiro atoms. The van der Waals surface area contributed by atoms with E-state index in [1.165, 1.54) is 0 Å². The van der Waals surface area contributed by atoms with Crippen molar-refractivity contribution in [3.63, 3.8) is 0 Å². The zero-order valence-corrected chi connectivity index (χ0v) is 12.4. The highest BCUT2D eigenvalue weighted by atomic mass is 16.2. The van der Waals surface area contributed by atoms with Crippen molar-refractivity contribution in [1.82, 2.24) is 0 Å². The van der Waals surface area contributed by atoms with E-state index in [1.807, 2.05) is 43.7 Å². The van der Waals surface area contributed by atoms with E-state index in [2.05, 4.69) is 11.4 Å². The number of nitrogens with one attached hydrogen (secondary N) is 1. The predicted octanol–water partition coefficient (Wildman–Crippen LogP) is 2.66. The van der Waals surface area contributed by atoms with Crippen LogP contribution in [0, 0.1) is 25.2 Å². The van der Waals surface area contributed by atoms with Gasteiger partial charge in [-0.25, -0.2) is 0 Å². The number of amides is 1. The lowest BCUT2D eigenvalue weighted by Gasteiger charge is -2.11. The quantitative estimate of drug-likeness (QED) is 0.879. The minimum atomic E-state index is -0.323. The lowest BCUT2D eigenvalue weighted by atomic mass is 10.2. The molecule has 0 aliphatic heterocycles. The fourth-order valence-electron chi connectivity index (χ4n) is 2.18. The van der Waals surface area contributed by atoms with Crippen molar-refractivity contribution in [3.8, 4) is 6.07 Å². The van der Waals surface area contributed by atoms with Crippen LogP contribution in [-0.2, 0) is 4.79 Å². The molecule has 0 radical (unpaired) electrons. The van der Waals surface area contributed by atoms with Gasteiger partial charge in [-0.3, -0.25) is 4.79 Å². The van der Waals surface area contributed by atoms with Crippen molar-refractivity contribution in [2.75, 3.05) is 5.32 Å². The van der Waals surface area contributed by atoms with Crippen molar-refractivity contribution in [2.24, 2.45) is 0 Å². The highest BCUT2D eigenvalue weighted by Crippen LogP contribution is 2.12. The summed E-state index contributed by atoms with van der Waals surface area (Å²) in [6, 6.07) is 12.6. The summed E-state index contributed by atoms with van der Waals surface area (Å²) in [5, 5.41) is 11.7. The van der Waals surface area contributed by atoms with Gasteiger partial charge < -0.3 is 5.32 Å². The van der Waals surface area contributed by atoms with E-state index >= 15 is 0 Å². The van der Waals surface area contributed by atoms with Crippen LogP contribution >= 0.6 is 0 Å². The topological polar surface area (TPSA) is 56.8 Å². The van der Waals surface area contributed by atoms with Crippen LogP contribution < -0.4 is 9.88 Å². The molecule has 0 saturated carbocycles. The van der Waals surface area contributed by atoms with Crippen LogP contribution in [-0.4, -0.2) is 5.91 Å². The lowest BCUT2D eigenvalue weighted by Crippen LogP contribution is -2.47. The summed E-state index contributed by atoms with van der Waals surface area (Å²) in [6.07, 6.45) is 1.90. The number of nitriles is 1. The third-order valence-corrected chi connectivity index (χ3v) is 3.61. The van der Waals surface area contributed by atoms with Crippen LogP contribution in [0.15, 0.2) is 42.6 Å². The largest absolute Gasteiger partial charge is 0.320 e. The lowest BCUT2D eigenvalue weighted by molar-refractivity contribution is -0.711. The first-order valence-corrected chi connectivity index (χ1v) is 6.81. The number of rotatable bonds is 3. The van der Waals surface area contributed by atoms with Gasteiger partial charge in [-0.15, -0.1) is 0 Å². The van der Waals surface area contributed by atoms with Crippen LogP contribution in [0.1, 0.15) is 29.8 Å². The van der Waals surface area contributed by atoms with E-state index < -0.39 is 0 Å². The first-order valence-electron chi connectivity index (χ1n) is 6.81. The van der Waals surface area contributed by atoms with E-state index in [4.69, 9.17) is 5.26 Å². The van der Waals surface area contributed by atoms with E-state index in [0.29, 0.717) is 11.3 Å². The summed E-state index contributed by atoms with van der Waals surface area (Å²) in [4.78, 5) is 12.4. The maximum atomic E-state index is 12.4. The molecule has 1 heterocycles. The molecule has 0 fully saturated rings. The Kier molecular flexibility index (Phi) is 4.34. The van der Waals surface area contributed by atoms with Gasteiger partial charge in [0.25, 0.3) is 5.91 Å². The molecular weight excluding hydrogens is 262 g/mol. The zero-order valence-electron chi connectivity index (χ0n) is 12.4. The second-order valence-electron chi connectivity index (χ2n) is 5.04. The molecule has 0 aliphatic carbocycles. The van der Waals surface area contributed by atoms with Crippen LogP contribution in [0.2, 0.25) is 0 Å². The predicted molar refractivity (Wildman–Crippen MR) is 80.6 cm³/mol. The van der Waals surface area contributed by atoms with Crippen LogP contribution in [0.25, 0.3) is 0 Å². The van der Waals surface area contributed by atoms with Crippen molar-refractivity contribution in [3.05, 3.63) is 59.4 Å². The fourth-order valence-corrected chi connectivity index (χ4v) is 2.18. The molecule has 2 rings (SSSR count). The van der Waals surface area contributed by atoms with Gasteiger partial charge in [-0.2, -0.15) is 9.83 Å². The molecule has 0 bridgehead atoms. The molecular formula is C17H18N3O+. The molecule has 0 unspecified atom stereocenters. The Bertz CT molecular complexity index is 716. The Balaban J connectivity index is 2.20. The summed E-state index contributed by atoms with van der Waals surface area (Å²) in [6.45, 7) is 5.87. The minimum Gasteiger partial charge on any atom is -0.320 e. The number of anilines is 1. The number of carbonyl (C=O) groups is 1. The fraction of sp³-hybridized carbons (Fsp3) is 0.235.